The lowest BCUT2D eigenvalue weighted by Gasteiger charge is -2.12. The SMILES string of the molecule is CCOC(=O)Nc1nc2cc(OC)c(OC)cc2nc1OC. The summed E-state index contributed by atoms with van der Waals surface area (Å²) >= 11 is 0. The second-order valence-electron chi connectivity index (χ2n) is 4.12. The molecule has 1 heterocycles. The third-order valence-corrected chi connectivity index (χ3v) is 2.83. The average molecular weight is 307 g/mol. The first kappa shape index (κ1) is 15.6. The average Bonchev–Trinajstić information content (AvgIpc) is 2.53. The van der Waals surface area contributed by atoms with Crippen LogP contribution in [0.25, 0.3) is 11.0 Å². The van der Waals surface area contributed by atoms with Crippen molar-refractivity contribution in [1.29, 1.82) is 0 Å². The van der Waals surface area contributed by atoms with Crippen molar-refractivity contribution < 1.29 is 23.7 Å². The Morgan fingerprint density at radius 1 is 1.05 bits per heavy atom. The van der Waals surface area contributed by atoms with Crippen molar-refractivity contribution >= 4 is 22.9 Å². The maximum Gasteiger partial charge on any atom is 0.412 e. The van der Waals surface area contributed by atoms with Crippen LogP contribution in [-0.4, -0.2) is 44.0 Å². The van der Waals surface area contributed by atoms with Gasteiger partial charge in [0.2, 0.25) is 0 Å². The lowest BCUT2D eigenvalue weighted by Crippen LogP contribution is -2.15. The molecule has 0 unspecified atom stereocenters. The van der Waals surface area contributed by atoms with E-state index in [1.807, 2.05) is 0 Å². The second-order valence-corrected chi connectivity index (χ2v) is 4.12. The first-order valence-corrected chi connectivity index (χ1v) is 6.54. The number of carbonyl (C=O) groups excluding carboxylic acids is 1. The molecule has 1 N–H and O–H groups in total. The molecule has 118 valence electrons. The number of hydrogen-bond acceptors (Lipinski definition) is 7. The lowest BCUT2D eigenvalue weighted by molar-refractivity contribution is 0.167. The van der Waals surface area contributed by atoms with Crippen LogP contribution in [0.5, 0.6) is 17.4 Å². The topological polar surface area (TPSA) is 91.8 Å². The molecular weight excluding hydrogens is 290 g/mol. The Bertz CT molecular complexity index is 690. The second kappa shape index (κ2) is 6.79. The quantitative estimate of drug-likeness (QED) is 0.905. The molecule has 0 spiro atoms. The van der Waals surface area contributed by atoms with Crippen LogP contribution in [-0.2, 0) is 4.74 Å². The minimum Gasteiger partial charge on any atom is -0.493 e. The van der Waals surface area contributed by atoms with E-state index in [1.165, 1.54) is 21.3 Å². The number of benzene rings is 1. The van der Waals surface area contributed by atoms with Crippen LogP contribution in [0.2, 0.25) is 0 Å². The number of nitrogens with zero attached hydrogens (tertiary/aromatic N) is 2. The van der Waals surface area contributed by atoms with Crippen LogP contribution in [0.3, 0.4) is 0 Å². The monoisotopic (exact) mass is 307 g/mol. The molecule has 8 heteroatoms. The molecule has 1 amide bonds. The van der Waals surface area contributed by atoms with E-state index >= 15 is 0 Å². The molecule has 0 saturated heterocycles. The molecular formula is C14H17N3O5. The summed E-state index contributed by atoms with van der Waals surface area (Å²) in [5.74, 6) is 1.38. The summed E-state index contributed by atoms with van der Waals surface area (Å²) in [6.45, 7) is 1.96. The van der Waals surface area contributed by atoms with Gasteiger partial charge in [-0.1, -0.05) is 0 Å². The standard InChI is InChI=1S/C14H17N3O5/c1-5-22-14(18)17-12-13(21-4)16-9-7-11(20-3)10(19-2)6-8(9)15-12/h6-7H,5H2,1-4H3,(H,15,17,18). The molecule has 2 rings (SSSR count). The summed E-state index contributed by atoms with van der Waals surface area (Å²) in [5, 5.41) is 2.49. The number of rotatable bonds is 5. The van der Waals surface area contributed by atoms with E-state index in [0.29, 0.717) is 22.5 Å². The lowest BCUT2D eigenvalue weighted by atomic mass is 10.2. The maximum absolute atomic E-state index is 11.5. The van der Waals surface area contributed by atoms with E-state index < -0.39 is 6.09 Å². The zero-order valence-corrected chi connectivity index (χ0v) is 12.8. The highest BCUT2D eigenvalue weighted by Gasteiger charge is 2.15. The number of carbonyl (C=O) groups is 1. The third kappa shape index (κ3) is 3.11. The zero-order valence-electron chi connectivity index (χ0n) is 12.8. The van der Waals surface area contributed by atoms with Gasteiger partial charge in [-0.05, 0) is 6.92 Å². The van der Waals surface area contributed by atoms with Crippen molar-refractivity contribution in [2.75, 3.05) is 33.3 Å². The van der Waals surface area contributed by atoms with Gasteiger partial charge in [-0.3, -0.25) is 5.32 Å². The van der Waals surface area contributed by atoms with Crippen molar-refractivity contribution in [3.63, 3.8) is 0 Å². The summed E-state index contributed by atoms with van der Waals surface area (Å²) in [5.41, 5.74) is 1.06. The Balaban J connectivity index is 2.51. The first-order valence-electron chi connectivity index (χ1n) is 6.54. The van der Waals surface area contributed by atoms with Crippen LogP contribution in [0, 0.1) is 0 Å². The Morgan fingerprint density at radius 3 is 2.14 bits per heavy atom. The van der Waals surface area contributed by atoms with Gasteiger partial charge >= 0.3 is 6.09 Å². The summed E-state index contributed by atoms with van der Waals surface area (Å²) in [6, 6.07) is 3.34. The van der Waals surface area contributed by atoms with Crippen LogP contribution >= 0.6 is 0 Å². The number of hydrogen-bond donors (Lipinski definition) is 1. The van der Waals surface area contributed by atoms with Crippen LogP contribution in [0.4, 0.5) is 10.6 Å². The van der Waals surface area contributed by atoms with Gasteiger partial charge in [0, 0.05) is 12.1 Å². The van der Waals surface area contributed by atoms with Crippen molar-refractivity contribution in [2.45, 2.75) is 6.92 Å². The number of fused-ring (bicyclic) bond motifs is 1. The summed E-state index contributed by atoms with van der Waals surface area (Å²) in [4.78, 5) is 20.2. The fraction of sp³-hybridized carbons (Fsp3) is 0.357. The molecule has 0 aliphatic carbocycles. The molecule has 0 atom stereocenters. The molecule has 0 radical (unpaired) electrons. The Labute approximate surface area is 127 Å². The normalized spacial score (nSPS) is 10.2. The smallest absolute Gasteiger partial charge is 0.412 e. The van der Waals surface area contributed by atoms with Crippen LogP contribution < -0.4 is 19.5 Å². The Kier molecular flexibility index (Phi) is 4.82. The number of amides is 1. The molecule has 22 heavy (non-hydrogen) atoms. The van der Waals surface area contributed by atoms with E-state index in [2.05, 4.69) is 15.3 Å². The number of methoxy groups -OCH3 is 3. The van der Waals surface area contributed by atoms with Gasteiger partial charge in [-0.15, -0.1) is 0 Å². The number of aromatic nitrogens is 2. The van der Waals surface area contributed by atoms with Crippen LogP contribution in [0.1, 0.15) is 6.92 Å². The molecule has 0 saturated carbocycles. The van der Waals surface area contributed by atoms with Gasteiger partial charge in [-0.2, -0.15) is 0 Å². The minimum absolute atomic E-state index is 0.167. The zero-order chi connectivity index (χ0) is 16.1. The van der Waals surface area contributed by atoms with Gasteiger partial charge < -0.3 is 18.9 Å². The highest BCUT2D eigenvalue weighted by atomic mass is 16.5. The molecule has 0 aliphatic heterocycles. The van der Waals surface area contributed by atoms with Crippen molar-refractivity contribution in [3.05, 3.63) is 12.1 Å². The molecule has 0 aliphatic rings. The molecule has 2 aromatic rings. The molecule has 1 aromatic heterocycles. The number of ether oxygens (including phenoxy) is 4. The van der Waals surface area contributed by atoms with E-state index in [1.54, 1.807) is 19.1 Å². The first-order chi connectivity index (χ1) is 10.6. The van der Waals surface area contributed by atoms with Crippen molar-refractivity contribution in [3.8, 4) is 17.4 Å². The third-order valence-electron chi connectivity index (χ3n) is 2.83. The molecule has 0 bridgehead atoms. The largest absolute Gasteiger partial charge is 0.493 e. The molecule has 8 nitrogen and oxygen atoms in total. The minimum atomic E-state index is -0.630. The van der Waals surface area contributed by atoms with E-state index in [9.17, 15) is 4.79 Å². The van der Waals surface area contributed by atoms with Gasteiger partial charge in [0.15, 0.2) is 17.3 Å². The fourth-order valence-corrected chi connectivity index (χ4v) is 1.85. The van der Waals surface area contributed by atoms with E-state index in [0.717, 1.165) is 0 Å². The maximum atomic E-state index is 11.5. The van der Waals surface area contributed by atoms with E-state index in [-0.39, 0.29) is 18.3 Å². The van der Waals surface area contributed by atoms with Gasteiger partial charge in [0.05, 0.1) is 39.0 Å². The number of anilines is 1. The molecule has 1 aromatic carbocycles. The Hall–Kier alpha value is -2.77. The summed E-state index contributed by atoms with van der Waals surface area (Å²) < 4.78 is 20.4. The van der Waals surface area contributed by atoms with Crippen molar-refractivity contribution in [1.82, 2.24) is 9.97 Å². The fourth-order valence-electron chi connectivity index (χ4n) is 1.85. The van der Waals surface area contributed by atoms with Crippen molar-refractivity contribution in [2.24, 2.45) is 0 Å². The predicted molar refractivity (Wildman–Crippen MR) is 79.8 cm³/mol. The van der Waals surface area contributed by atoms with Gasteiger partial charge in [0.25, 0.3) is 5.88 Å². The summed E-state index contributed by atoms with van der Waals surface area (Å²) in [7, 11) is 4.50. The van der Waals surface area contributed by atoms with Gasteiger partial charge in [0.1, 0.15) is 0 Å². The highest BCUT2D eigenvalue weighted by Crippen LogP contribution is 2.33. The summed E-state index contributed by atoms with van der Waals surface area (Å²) in [6.07, 6.45) is -0.630. The van der Waals surface area contributed by atoms with E-state index in [4.69, 9.17) is 18.9 Å². The highest BCUT2D eigenvalue weighted by molar-refractivity contribution is 5.88. The van der Waals surface area contributed by atoms with Gasteiger partial charge in [-0.25, -0.2) is 14.8 Å². The van der Waals surface area contributed by atoms with Crippen LogP contribution in [0.15, 0.2) is 12.1 Å². The molecule has 0 fully saturated rings. The predicted octanol–water partition coefficient (Wildman–Crippen LogP) is 2.22. The Morgan fingerprint density at radius 2 is 1.64 bits per heavy atom. The number of nitrogens with one attached hydrogen (secondary N) is 1.